The Kier molecular flexibility index (Phi) is 7.19. The predicted octanol–water partition coefficient (Wildman–Crippen LogP) is 1.81. The molecule has 0 atom stereocenters. The van der Waals surface area contributed by atoms with Crippen molar-refractivity contribution in [1.82, 2.24) is 14.9 Å². The van der Waals surface area contributed by atoms with Crippen LogP contribution in [0.4, 0.5) is 0 Å². The topological polar surface area (TPSA) is 141 Å². The van der Waals surface area contributed by atoms with Crippen LogP contribution in [0, 0.1) is 18.0 Å². The first-order chi connectivity index (χ1) is 8.13. The largest absolute Gasteiger partial charge is 0.478 e. The van der Waals surface area contributed by atoms with Gasteiger partial charge >= 0.3 is 5.97 Å². The molecule has 0 aliphatic heterocycles. The monoisotopic (exact) mass is 238 g/mol. The van der Waals surface area contributed by atoms with Gasteiger partial charge in [0, 0.05) is 12.4 Å². The SMILES string of the molecule is Cc1occc1C(=O)O.N=[N+]=N.c1c[nH]cn1. The Morgan fingerprint density at radius 3 is 2.41 bits per heavy atom. The molecule has 0 saturated carbocycles. The summed E-state index contributed by atoms with van der Waals surface area (Å²) < 4.78 is 4.74. The molecule has 0 bridgehead atoms. The molecule has 8 nitrogen and oxygen atoms in total. The van der Waals surface area contributed by atoms with E-state index in [4.69, 9.17) is 20.6 Å². The Morgan fingerprint density at radius 1 is 1.59 bits per heavy atom. The van der Waals surface area contributed by atoms with Crippen LogP contribution in [0.3, 0.4) is 0 Å². The van der Waals surface area contributed by atoms with Crippen LogP contribution in [0.1, 0.15) is 16.1 Å². The van der Waals surface area contributed by atoms with Crippen LogP contribution in [0.25, 0.3) is 0 Å². The summed E-state index contributed by atoms with van der Waals surface area (Å²) in [6, 6.07) is 1.43. The Balaban J connectivity index is 0.000000270. The second-order valence-corrected chi connectivity index (χ2v) is 2.57. The molecule has 4 N–H and O–H groups in total. The highest BCUT2D eigenvalue weighted by Crippen LogP contribution is 2.07. The fraction of sp³-hybridized carbons (Fsp3) is 0.111. The van der Waals surface area contributed by atoms with Crippen molar-refractivity contribution < 1.29 is 14.3 Å². The number of aromatic carboxylic acids is 1. The number of H-pyrrole nitrogens is 1. The lowest BCUT2D eigenvalue weighted by atomic mass is 10.3. The Morgan fingerprint density at radius 2 is 2.24 bits per heavy atom. The number of carboxylic acid groups (broad SMARTS) is 1. The van der Waals surface area contributed by atoms with Crippen LogP contribution >= 0.6 is 0 Å². The minimum Gasteiger partial charge on any atom is -0.478 e. The second-order valence-electron chi connectivity index (χ2n) is 2.57. The summed E-state index contributed by atoms with van der Waals surface area (Å²) in [5, 5.41) is 8.39. The lowest BCUT2D eigenvalue weighted by Gasteiger charge is -1.85. The quantitative estimate of drug-likeness (QED) is 0.444. The molecule has 2 aromatic heterocycles. The van der Waals surface area contributed by atoms with Crippen molar-refractivity contribution in [2.24, 2.45) is 0 Å². The molecule has 0 radical (unpaired) electrons. The highest BCUT2D eigenvalue weighted by molar-refractivity contribution is 5.88. The maximum absolute atomic E-state index is 10.2. The molecule has 0 aliphatic rings. The first-order valence-corrected chi connectivity index (χ1v) is 4.36. The highest BCUT2D eigenvalue weighted by Gasteiger charge is 2.07. The van der Waals surface area contributed by atoms with Crippen LogP contribution in [-0.2, 0) is 0 Å². The van der Waals surface area contributed by atoms with Gasteiger partial charge in [0.2, 0.25) is 4.91 Å². The zero-order chi connectivity index (χ0) is 13.1. The van der Waals surface area contributed by atoms with Crippen molar-refractivity contribution in [2.45, 2.75) is 6.92 Å². The molecule has 17 heavy (non-hydrogen) atoms. The number of aromatic amines is 1. The lowest BCUT2D eigenvalue weighted by Crippen LogP contribution is -1.94. The van der Waals surface area contributed by atoms with Crippen molar-refractivity contribution >= 4 is 5.97 Å². The number of carboxylic acids is 1. The van der Waals surface area contributed by atoms with Gasteiger partial charge in [-0.2, -0.15) is 0 Å². The minimum absolute atomic E-state index is 0.231. The number of hydrogen-bond donors (Lipinski definition) is 4. The van der Waals surface area contributed by atoms with Gasteiger partial charge in [-0.25, -0.2) is 9.78 Å². The minimum atomic E-state index is -0.943. The third-order valence-electron chi connectivity index (χ3n) is 1.50. The second kappa shape index (κ2) is 8.57. The third kappa shape index (κ3) is 6.37. The van der Waals surface area contributed by atoms with Gasteiger partial charge in [-0.05, 0) is 13.0 Å². The molecule has 2 heterocycles. The smallest absolute Gasteiger partial charge is 0.339 e. The van der Waals surface area contributed by atoms with Crippen molar-refractivity contribution in [3.8, 4) is 0 Å². The summed E-state index contributed by atoms with van der Waals surface area (Å²) in [6.07, 6.45) is 6.44. The number of rotatable bonds is 1. The van der Waals surface area contributed by atoms with E-state index in [0.29, 0.717) is 5.76 Å². The van der Waals surface area contributed by atoms with Crippen molar-refractivity contribution in [3.63, 3.8) is 0 Å². The summed E-state index contributed by atoms with van der Waals surface area (Å²) in [5.41, 5.74) is 11.2. The summed E-state index contributed by atoms with van der Waals surface area (Å²) in [5.74, 6) is -0.497. The van der Waals surface area contributed by atoms with Crippen molar-refractivity contribution in [1.29, 1.82) is 11.1 Å². The first kappa shape index (κ1) is 14.3. The number of carbonyl (C=O) groups is 1. The molecule has 0 fully saturated rings. The average molecular weight is 238 g/mol. The highest BCUT2D eigenvalue weighted by atomic mass is 16.4. The van der Waals surface area contributed by atoms with E-state index in [1.807, 2.05) is 4.91 Å². The molecule has 0 aliphatic carbocycles. The van der Waals surface area contributed by atoms with E-state index in [0.717, 1.165) is 0 Å². The lowest BCUT2D eigenvalue weighted by molar-refractivity contribution is 0.0695. The number of aromatic nitrogens is 2. The normalized spacial score (nSPS) is 7.82. The van der Waals surface area contributed by atoms with Gasteiger partial charge in [-0.3, -0.25) is 0 Å². The van der Waals surface area contributed by atoms with Crippen LogP contribution in [0.15, 0.2) is 35.5 Å². The van der Waals surface area contributed by atoms with E-state index >= 15 is 0 Å². The maximum atomic E-state index is 10.2. The van der Waals surface area contributed by atoms with Crippen LogP contribution < -0.4 is 4.91 Å². The number of nitrogens with zero attached hydrogens (tertiary/aromatic N) is 2. The molecule has 0 spiro atoms. The fourth-order valence-electron chi connectivity index (χ4n) is 0.822. The zero-order valence-electron chi connectivity index (χ0n) is 9.04. The molecule has 2 rings (SSSR count). The van der Waals surface area contributed by atoms with E-state index in [1.54, 1.807) is 25.6 Å². The number of imidazole rings is 1. The molecule has 0 saturated heterocycles. The van der Waals surface area contributed by atoms with Gasteiger partial charge in [0.05, 0.1) is 12.6 Å². The van der Waals surface area contributed by atoms with E-state index < -0.39 is 5.97 Å². The molecule has 0 amide bonds. The zero-order valence-corrected chi connectivity index (χ0v) is 9.04. The number of furan rings is 1. The van der Waals surface area contributed by atoms with Crippen LogP contribution in [0.2, 0.25) is 0 Å². The Hall–Kier alpha value is -2.73. The summed E-state index contributed by atoms with van der Waals surface area (Å²) >= 11 is 0. The Labute approximate surface area is 96.3 Å². The third-order valence-corrected chi connectivity index (χ3v) is 1.50. The average Bonchev–Trinajstić information content (AvgIpc) is 2.90. The molecule has 90 valence electrons. The van der Waals surface area contributed by atoms with Gasteiger partial charge in [-0.15, -0.1) is 0 Å². The number of aryl methyl sites for hydroxylation is 1. The molecule has 0 unspecified atom stereocenters. The van der Waals surface area contributed by atoms with E-state index in [-0.39, 0.29) is 5.56 Å². The van der Waals surface area contributed by atoms with E-state index in [9.17, 15) is 4.79 Å². The van der Waals surface area contributed by atoms with Crippen LogP contribution in [0.5, 0.6) is 0 Å². The van der Waals surface area contributed by atoms with Gasteiger partial charge < -0.3 is 14.5 Å². The summed E-state index contributed by atoms with van der Waals surface area (Å²) in [7, 11) is 0. The molecule has 8 heteroatoms. The summed E-state index contributed by atoms with van der Waals surface area (Å²) in [4.78, 5) is 18.6. The standard InChI is InChI=1S/C6H6O3.C3H4N2.H2N3/c1-4-5(6(7)8)2-3-9-4;1-2-5-3-4-1;1-3-2/h2-3H,1H3,(H,7,8);1-3H,(H,4,5);1-2H/q;;+1. The van der Waals surface area contributed by atoms with E-state index in [1.165, 1.54) is 12.3 Å². The summed E-state index contributed by atoms with van der Waals surface area (Å²) in [6.45, 7) is 1.61. The Bertz CT molecular complexity index is 439. The molecular weight excluding hydrogens is 226 g/mol. The van der Waals surface area contributed by atoms with Crippen molar-refractivity contribution in [3.05, 3.63) is 42.4 Å². The molecule has 0 aromatic carbocycles. The first-order valence-electron chi connectivity index (χ1n) is 4.36. The van der Waals surface area contributed by atoms with Crippen molar-refractivity contribution in [2.75, 3.05) is 0 Å². The van der Waals surface area contributed by atoms with E-state index in [2.05, 4.69) is 9.97 Å². The maximum Gasteiger partial charge on any atom is 0.339 e. The van der Waals surface area contributed by atoms with Gasteiger partial charge in [-0.1, -0.05) is 0 Å². The van der Waals surface area contributed by atoms with Gasteiger partial charge in [0.1, 0.15) is 22.4 Å². The molecular formula is C9H12N5O3+. The fourth-order valence-corrected chi connectivity index (χ4v) is 0.822. The molecule has 2 aromatic rings. The number of nitrogens with one attached hydrogen (secondary N) is 3. The number of hydrogen-bond acceptors (Lipinski definition) is 5. The van der Waals surface area contributed by atoms with Gasteiger partial charge in [0.25, 0.3) is 0 Å². The predicted molar refractivity (Wildman–Crippen MR) is 56.6 cm³/mol. The van der Waals surface area contributed by atoms with Gasteiger partial charge in [0.15, 0.2) is 0 Å². The van der Waals surface area contributed by atoms with Crippen LogP contribution in [-0.4, -0.2) is 21.0 Å².